The summed E-state index contributed by atoms with van der Waals surface area (Å²) in [6.45, 7) is 5.26. The molecule has 18 heavy (non-hydrogen) atoms. The van der Waals surface area contributed by atoms with Gasteiger partial charge in [-0.25, -0.2) is 4.79 Å². The van der Waals surface area contributed by atoms with E-state index in [2.05, 4.69) is 16.1 Å². The Balaban J connectivity index is 4.85. The van der Waals surface area contributed by atoms with Crippen LogP contribution in [0.4, 0.5) is 17.6 Å². The number of esters is 1. The Hall–Kier alpha value is -1.15. The first kappa shape index (κ1) is 16.9. The van der Waals surface area contributed by atoms with Gasteiger partial charge in [0.05, 0.1) is 0 Å². The van der Waals surface area contributed by atoms with E-state index >= 15 is 0 Å². The molecule has 0 bridgehead atoms. The Bertz CT molecular complexity index is 322. The monoisotopic (exact) mass is 274 g/mol. The molecule has 2 atom stereocenters. The molecule has 0 aromatic rings. The summed E-state index contributed by atoms with van der Waals surface area (Å²) in [5, 5.41) is 9.06. The van der Waals surface area contributed by atoms with Gasteiger partial charge in [0.25, 0.3) is 0 Å². The van der Waals surface area contributed by atoms with E-state index in [9.17, 15) is 22.4 Å². The van der Waals surface area contributed by atoms with Crippen molar-refractivity contribution in [3.8, 4) is 0 Å². The zero-order valence-corrected chi connectivity index (χ0v) is 10.0. The van der Waals surface area contributed by atoms with Gasteiger partial charge in [0.2, 0.25) is 6.29 Å². The maximum absolute atomic E-state index is 12.9. The highest BCUT2D eigenvalue weighted by atomic mass is 19.3. The minimum atomic E-state index is -4.88. The molecule has 8 heteroatoms. The van der Waals surface area contributed by atoms with E-state index < -0.39 is 30.4 Å². The lowest BCUT2D eigenvalue weighted by Crippen LogP contribution is -2.47. The number of aliphatic hydroxyl groups is 1. The molecule has 0 spiro atoms. The van der Waals surface area contributed by atoms with E-state index in [0.29, 0.717) is 0 Å². The fraction of sp³-hybridized carbons (Fsp3) is 0.700. The van der Waals surface area contributed by atoms with Crippen molar-refractivity contribution >= 4 is 5.97 Å². The van der Waals surface area contributed by atoms with Crippen molar-refractivity contribution in [1.29, 1.82) is 0 Å². The van der Waals surface area contributed by atoms with E-state index in [1.54, 1.807) is 0 Å². The van der Waals surface area contributed by atoms with E-state index in [1.807, 2.05) is 0 Å². The molecular weight excluding hydrogens is 260 g/mol. The van der Waals surface area contributed by atoms with Crippen molar-refractivity contribution in [2.75, 3.05) is 0 Å². The van der Waals surface area contributed by atoms with E-state index in [1.165, 1.54) is 6.92 Å². The average molecular weight is 274 g/mol. The van der Waals surface area contributed by atoms with Crippen molar-refractivity contribution in [2.45, 2.75) is 45.2 Å². The summed E-state index contributed by atoms with van der Waals surface area (Å²) in [5.74, 6) is -5.63. The van der Waals surface area contributed by atoms with Crippen LogP contribution >= 0.6 is 0 Å². The Morgan fingerprint density at radius 2 is 1.78 bits per heavy atom. The molecule has 106 valence electrons. The lowest BCUT2D eigenvalue weighted by atomic mass is 10.3. The molecule has 0 aliphatic rings. The van der Waals surface area contributed by atoms with Crippen LogP contribution in [0, 0.1) is 0 Å². The fourth-order valence-electron chi connectivity index (χ4n) is 0.676. The van der Waals surface area contributed by atoms with Gasteiger partial charge in [-0.1, -0.05) is 6.58 Å². The standard InChI is InChI=1S/C10H14F4O4/c1-5(2)7(16)17-8(6(3)15)18-10(13,14)9(4,11)12/h6,8,15H,1H2,2-4H3. The molecule has 1 N–H and O–H groups in total. The smallest absolute Gasteiger partial charge is 0.422 e. The Morgan fingerprint density at radius 1 is 1.33 bits per heavy atom. The fourth-order valence-corrected chi connectivity index (χ4v) is 0.676. The van der Waals surface area contributed by atoms with Gasteiger partial charge in [-0.05, 0) is 13.8 Å². The van der Waals surface area contributed by atoms with Crippen molar-refractivity contribution in [2.24, 2.45) is 0 Å². The third kappa shape index (κ3) is 4.61. The number of rotatable bonds is 6. The van der Waals surface area contributed by atoms with Crippen LogP contribution in [0.2, 0.25) is 0 Å². The van der Waals surface area contributed by atoms with Gasteiger partial charge < -0.3 is 9.84 Å². The number of halogens is 4. The molecule has 0 aromatic heterocycles. The molecule has 0 aromatic carbocycles. The van der Waals surface area contributed by atoms with Gasteiger partial charge in [-0.3, -0.25) is 4.74 Å². The number of aliphatic hydroxyl groups excluding tert-OH is 1. The highest BCUT2D eigenvalue weighted by molar-refractivity contribution is 5.87. The maximum Gasteiger partial charge on any atom is 0.422 e. The Labute approximate surface area is 101 Å². The predicted octanol–water partition coefficient (Wildman–Crippen LogP) is 2.08. The van der Waals surface area contributed by atoms with Crippen molar-refractivity contribution in [3.63, 3.8) is 0 Å². The largest absolute Gasteiger partial charge is 0.429 e. The first-order valence-electron chi connectivity index (χ1n) is 4.86. The second kappa shape index (κ2) is 5.66. The highest BCUT2D eigenvalue weighted by Crippen LogP contribution is 2.36. The minimum absolute atomic E-state index is 0.0628. The van der Waals surface area contributed by atoms with Gasteiger partial charge in [0, 0.05) is 12.5 Å². The average Bonchev–Trinajstić information content (AvgIpc) is 2.13. The van der Waals surface area contributed by atoms with E-state index in [0.717, 1.165) is 6.92 Å². The molecule has 0 saturated heterocycles. The number of carbonyl (C=O) groups excluding carboxylic acids is 1. The van der Waals surface area contributed by atoms with Crippen LogP contribution in [0.15, 0.2) is 12.2 Å². The predicted molar refractivity (Wildman–Crippen MR) is 53.0 cm³/mol. The van der Waals surface area contributed by atoms with Gasteiger partial charge in [-0.15, -0.1) is 0 Å². The number of hydrogen-bond acceptors (Lipinski definition) is 4. The lowest BCUT2D eigenvalue weighted by molar-refractivity contribution is -0.389. The molecule has 4 nitrogen and oxygen atoms in total. The molecule has 0 amide bonds. The van der Waals surface area contributed by atoms with Crippen LogP contribution < -0.4 is 0 Å². The van der Waals surface area contributed by atoms with Gasteiger partial charge in [0.15, 0.2) is 0 Å². The van der Waals surface area contributed by atoms with Crippen LogP contribution in [0.3, 0.4) is 0 Å². The molecule has 2 unspecified atom stereocenters. The maximum atomic E-state index is 12.9. The summed E-state index contributed by atoms with van der Waals surface area (Å²) < 4.78 is 58.7. The van der Waals surface area contributed by atoms with Crippen molar-refractivity contribution in [1.82, 2.24) is 0 Å². The van der Waals surface area contributed by atoms with E-state index in [4.69, 9.17) is 5.11 Å². The number of hydrogen-bond donors (Lipinski definition) is 1. The summed E-state index contributed by atoms with van der Waals surface area (Å²) in [6.07, 6.45) is -8.83. The SMILES string of the molecule is C=C(C)C(=O)OC(OC(F)(F)C(C)(F)F)C(C)O. The second-order valence-electron chi connectivity index (χ2n) is 3.82. The third-order valence-electron chi connectivity index (χ3n) is 1.74. The zero-order valence-electron chi connectivity index (χ0n) is 10.0. The number of ether oxygens (including phenoxy) is 2. The van der Waals surface area contributed by atoms with Crippen LogP contribution in [0.1, 0.15) is 20.8 Å². The van der Waals surface area contributed by atoms with Crippen molar-refractivity contribution in [3.05, 3.63) is 12.2 Å². The summed E-state index contributed by atoms with van der Waals surface area (Å²) >= 11 is 0. The topological polar surface area (TPSA) is 55.8 Å². The number of carbonyl (C=O) groups is 1. The quantitative estimate of drug-likeness (QED) is 0.349. The molecule has 0 aliphatic carbocycles. The lowest BCUT2D eigenvalue weighted by Gasteiger charge is -2.28. The van der Waals surface area contributed by atoms with E-state index in [-0.39, 0.29) is 12.5 Å². The van der Waals surface area contributed by atoms with Gasteiger partial charge in [-0.2, -0.15) is 17.6 Å². The highest BCUT2D eigenvalue weighted by Gasteiger charge is 2.56. The molecule has 0 rings (SSSR count). The van der Waals surface area contributed by atoms with Crippen molar-refractivity contribution < 1.29 is 36.9 Å². The molecular formula is C10H14F4O4. The van der Waals surface area contributed by atoms with Crippen LogP contribution in [-0.4, -0.2) is 35.5 Å². The molecule has 0 saturated carbocycles. The molecule has 0 heterocycles. The summed E-state index contributed by atoms with van der Waals surface area (Å²) in [5.41, 5.74) is -0.157. The van der Waals surface area contributed by atoms with Crippen LogP contribution in [0.25, 0.3) is 0 Å². The Kier molecular flexibility index (Phi) is 5.30. The summed E-state index contributed by atoms with van der Waals surface area (Å²) in [6, 6.07) is 0. The van der Waals surface area contributed by atoms with Gasteiger partial charge >= 0.3 is 18.0 Å². The molecule has 0 fully saturated rings. The third-order valence-corrected chi connectivity index (χ3v) is 1.74. The first-order chi connectivity index (χ1) is 7.88. The summed E-state index contributed by atoms with van der Waals surface area (Å²) in [4.78, 5) is 11.0. The van der Waals surface area contributed by atoms with Crippen LogP contribution in [0.5, 0.6) is 0 Å². The second-order valence-corrected chi connectivity index (χ2v) is 3.82. The van der Waals surface area contributed by atoms with Gasteiger partial charge in [0.1, 0.15) is 6.10 Å². The minimum Gasteiger partial charge on any atom is -0.429 e. The number of alkyl halides is 4. The van der Waals surface area contributed by atoms with Crippen LogP contribution in [-0.2, 0) is 14.3 Å². The zero-order chi connectivity index (χ0) is 14.7. The normalized spacial score (nSPS) is 16.0. The molecule has 0 radical (unpaired) electrons. The molecule has 0 aliphatic heterocycles. The Morgan fingerprint density at radius 3 is 2.06 bits per heavy atom. The first-order valence-corrected chi connectivity index (χ1v) is 4.86. The summed E-state index contributed by atoms with van der Waals surface area (Å²) in [7, 11) is 0.